The van der Waals surface area contributed by atoms with Gasteiger partial charge in [0.1, 0.15) is 6.67 Å². The Morgan fingerprint density at radius 1 is 1.78 bits per heavy atom. The molecule has 3 N–H and O–H groups in total. The molecular weight excluding hydrogens is 121 g/mol. The maximum absolute atomic E-state index is 11.9. The Morgan fingerprint density at radius 3 is 3.00 bits per heavy atom. The Balaban J connectivity index is 2.23. The molecule has 0 bridgehead atoms. The van der Waals surface area contributed by atoms with Gasteiger partial charge in [0, 0.05) is 25.7 Å². The van der Waals surface area contributed by atoms with Gasteiger partial charge in [-0.3, -0.25) is 5.84 Å². The Labute approximate surface area is 54.0 Å². The molecule has 9 heavy (non-hydrogen) atoms. The van der Waals surface area contributed by atoms with Crippen LogP contribution in [0.25, 0.3) is 0 Å². The molecule has 1 fully saturated rings. The molecule has 0 saturated carbocycles. The van der Waals surface area contributed by atoms with E-state index in [-0.39, 0.29) is 12.7 Å². The van der Waals surface area contributed by atoms with Crippen molar-refractivity contribution in [2.24, 2.45) is 5.84 Å². The van der Waals surface area contributed by atoms with Gasteiger partial charge < -0.3 is 5.32 Å². The molecule has 0 radical (unpaired) electrons. The van der Waals surface area contributed by atoms with Gasteiger partial charge >= 0.3 is 0 Å². The number of hydrogen-bond acceptors (Lipinski definition) is 3. The van der Waals surface area contributed by atoms with Crippen molar-refractivity contribution in [3.05, 3.63) is 0 Å². The van der Waals surface area contributed by atoms with Gasteiger partial charge in [0.2, 0.25) is 0 Å². The van der Waals surface area contributed by atoms with E-state index in [0.717, 1.165) is 13.1 Å². The van der Waals surface area contributed by atoms with E-state index in [2.05, 4.69) is 5.32 Å². The van der Waals surface area contributed by atoms with Crippen LogP contribution in [0.5, 0.6) is 0 Å². The van der Waals surface area contributed by atoms with Crippen molar-refractivity contribution in [3.8, 4) is 0 Å². The summed E-state index contributed by atoms with van der Waals surface area (Å²) >= 11 is 0. The molecule has 0 aromatic rings. The monoisotopic (exact) mass is 133 g/mol. The van der Waals surface area contributed by atoms with E-state index in [1.807, 2.05) is 0 Å². The number of nitrogens with two attached hydrogens (primary N) is 1. The van der Waals surface area contributed by atoms with E-state index in [0.29, 0.717) is 6.54 Å². The SMILES string of the molecule is NN1CCNC(CF)C1. The normalized spacial score (nSPS) is 30.7. The Hall–Kier alpha value is -0.190. The molecule has 1 atom stereocenters. The minimum atomic E-state index is -0.326. The van der Waals surface area contributed by atoms with Crippen LogP contribution in [0.2, 0.25) is 0 Å². The first-order valence-electron chi connectivity index (χ1n) is 3.12. The number of alkyl halides is 1. The topological polar surface area (TPSA) is 41.3 Å². The molecule has 4 heteroatoms. The number of hydrazine groups is 1. The van der Waals surface area contributed by atoms with Crippen molar-refractivity contribution in [2.75, 3.05) is 26.3 Å². The van der Waals surface area contributed by atoms with Crippen LogP contribution in [-0.2, 0) is 0 Å². The predicted octanol–water partition coefficient (Wildman–Crippen LogP) is -0.897. The Kier molecular flexibility index (Phi) is 2.38. The van der Waals surface area contributed by atoms with Crippen LogP contribution in [0, 0.1) is 0 Å². The molecule has 3 nitrogen and oxygen atoms in total. The number of rotatable bonds is 1. The average molecular weight is 133 g/mol. The molecule has 54 valence electrons. The van der Waals surface area contributed by atoms with E-state index < -0.39 is 0 Å². The number of halogens is 1. The van der Waals surface area contributed by atoms with Gasteiger partial charge in [0.05, 0.1) is 0 Å². The minimum absolute atomic E-state index is 0.0521. The summed E-state index contributed by atoms with van der Waals surface area (Å²) in [6.07, 6.45) is 0. The molecule has 1 aliphatic rings. The lowest BCUT2D eigenvalue weighted by molar-refractivity contribution is 0.184. The lowest BCUT2D eigenvalue weighted by Gasteiger charge is -2.28. The van der Waals surface area contributed by atoms with Crippen molar-refractivity contribution in [1.82, 2.24) is 10.3 Å². The first-order chi connectivity index (χ1) is 4.33. The largest absolute Gasteiger partial charge is 0.309 e. The molecule has 1 saturated heterocycles. The zero-order valence-electron chi connectivity index (χ0n) is 5.31. The second kappa shape index (κ2) is 3.10. The highest BCUT2D eigenvalue weighted by atomic mass is 19.1. The van der Waals surface area contributed by atoms with Crippen molar-refractivity contribution in [1.29, 1.82) is 0 Å². The molecule has 1 unspecified atom stereocenters. The fourth-order valence-corrected chi connectivity index (χ4v) is 0.955. The first kappa shape index (κ1) is 6.92. The summed E-state index contributed by atoms with van der Waals surface area (Å²) in [5, 5.41) is 4.64. The minimum Gasteiger partial charge on any atom is -0.309 e. The van der Waals surface area contributed by atoms with Crippen LogP contribution in [0.1, 0.15) is 0 Å². The summed E-state index contributed by atoms with van der Waals surface area (Å²) in [7, 11) is 0. The lowest BCUT2D eigenvalue weighted by Crippen LogP contribution is -2.54. The number of nitrogens with zero attached hydrogens (tertiary/aromatic N) is 1. The van der Waals surface area contributed by atoms with Crippen molar-refractivity contribution < 1.29 is 4.39 Å². The highest BCUT2D eigenvalue weighted by Gasteiger charge is 2.15. The van der Waals surface area contributed by atoms with Crippen LogP contribution in [0.15, 0.2) is 0 Å². The number of piperazine rings is 1. The number of nitrogens with one attached hydrogen (secondary N) is 1. The summed E-state index contributed by atoms with van der Waals surface area (Å²) in [6.45, 7) is 1.91. The summed E-state index contributed by atoms with van der Waals surface area (Å²) in [5.74, 6) is 5.43. The fourth-order valence-electron chi connectivity index (χ4n) is 0.955. The Bertz CT molecular complexity index is 88.3. The maximum Gasteiger partial charge on any atom is 0.106 e. The second-order valence-electron chi connectivity index (χ2n) is 2.30. The summed E-state index contributed by atoms with van der Waals surface area (Å²) in [4.78, 5) is 0. The Morgan fingerprint density at radius 2 is 2.56 bits per heavy atom. The highest BCUT2D eigenvalue weighted by molar-refractivity contribution is 4.74. The van der Waals surface area contributed by atoms with Crippen LogP contribution in [-0.4, -0.2) is 37.4 Å². The van der Waals surface area contributed by atoms with Gasteiger partial charge in [0.25, 0.3) is 0 Å². The fraction of sp³-hybridized carbons (Fsp3) is 1.00. The molecule has 0 spiro atoms. The molecule has 0 aliphatic carbocycles. The lowest BCUT2D eigenvalue weighted by atomic mass is 10.2. The number of hydrogen-bond donors (Lipinski definition) is 2. The van der Waals surface area contributed by atoms with Gasteiger partial charge in [-0.25, -0.2) is 9.40 Å². The average Bonchev–Trinajstić information content (AvgIpc) is 1.88. The molecule has 0 aromatic heterocycles. The van der Waals surface area contributed by atoms with Gasteiger partial charge in [-0.1, -0.05) is 0 Å². The standard InChI is InChI=1S/C5H12FN3/c6-3-5-4-9(7)2-1-8-5/h5,8H,1-4,7H2. The molecule has 1 aliphatic heterocycles. The zero-order valence-corrected chi connectivity index (χ0v) is 5.31. The van der Waals surface area contributed by atoms with Crippen molar-refractivity contribution in [3.63, 3.8) is 0 Å². The third kappa shape index (κ3) is 1.89. The third-order valence-electron chi connectivity index (χ3n) is 1.47. The van der Waals surface area contributed by atoms with Crippen LogP contribution in [0.3, 0.4) is 0 Å². The summed E-state index contributed by atoms with van der Waals surface area (Å²) in [6, 6.07) is -0.0521. The molecule has 0 aromatic carbocycles. The van der Waals surface area contributed by atoms with Gasteiger partial charge in [-0.05, 0) is 0 Å². The second-order valence-corrected chi connectivity index (χ2v) is 2.30. The van der Waals surface area contributed by atoms with Crippen LogP contribution >= 0.6 is 0 Å². The van der Waals surface area contributed by atoms with Gasteiger partial charge in [-0.15, -0.1) is 0 Å². The highest BCUT2D eigenvalue weighted by Crippen LogP contribution is 1.93. The molecular formula is C5H12FN3. The zero-order chi connectivity index (χ0) is 6.69. The van der Waals surface area contributed by atoms with E-state index >= 15 is 0 Å². The van der Waals surface area contributed by atoms with Crippen LogP contribution in [0.4, 0.5) is 4.39 Å². The summed E-state index contributed by atoms with van der Waals surface area (Å²) in [5.41, 5.74) is 0. The molecule has 0 amide bonds. The van der Waals surface area contributed by atoms with E-state index in [9.17, 15) is 4.39 Å². The third-order valence-corrected chi connectivity index (χ3v) is 1.47. The quantitative estimate of drug-likeness (QED) is 0.456. The predicted molar refractivity (Wildman–Crippen MR) is 33.5 cm³/mol. The van der Waals surface area contributed by atoms with Crippen LogP contribution < -0.4 is 11.2 Å². The van der Waals surface area contributed by atoms with Gasteiger partial charge in [0.15, 0.2) is 0 Å². The van der Waals surface area contributed by atoms with Crippen molar-refractivity contribution in [2.45, 2.75) is 6.04 Å². The smallest absolute Gasteiger partial charge is 0.106 e. The van der Waals surface area contributed by atoms with Gasteiger partial charge in [-0.2, -0.15) is 0 Å². The maximum atomic E-state index is 11.9. The molecule has 1 heterocycles. The van der Waals surface area contributed by atoms with Crippen molar-refractivity contribution >= 4 is 0 Å². The molecule has 1 rings (SSSR count). The van der Waals surface area contributed by atoms with E-state index in [1.54, 1.807) is 5.01 Å². The first-order valence-corrected chi connectivity index (χ1v) is 3.12. The summed E-state index contributed by atoms with van der Waals surface area (Å²) < 4.78 is 11.9. The van der Waals surface area contributed by atoms with E-state index in [4.69, 9.17) is 5.84 Å². The van der Waals surface area contributed by atoms with E-state index in [1.165, 1.54) is 0 Å².